The Kier molecular flexibility index (Phi) is 7.42. The van der Waals surface area contributed by atoms with Crippen LogP contribution < -0.4 is 14.8 Å². The quantitative estimate of drug-likeness (QED) is 0.690. The molecule has 0 spiro atoms. The van der Waals surface area contributed by atoms with Crippen LogP contribution in [0.3, 0.4) is 0 Å². The number of methoxy groups -OCH3 is 1. The number of hydrogen-bond donors (Lipinski definition) is 1. The highest BCUT2D eigenvalue weighted by Gasteiger charge is 2.27. The molecule has 8 heteroatoms. The Balaban J connectivity index is 2.41. The molecule has 0 heterocycles. The first-order chi connectivity index (χ1) is 13.4. The van der Waals surface area contributed by atoms with Crippen LogP contribution in [0.15, 0.2) is 47.4 Å². The maximum absolute atomic E-state index is 12.9. The molecule has 2 rings (SSSR count). The topological polar surface area (TPSA) is 84.9 Å². The van der Waals surface area contributed by atoms with E-state index in [1.807, 2.05) is 13.0 Å². The van der Waals surface area contributed by atoms with Crippen molar-refractivity contribution in [2.75, 3.05) is 32.1 Å². The minimum Gasteiger partial charge on any atom is -0.495 e. The van der Waals surface area contributed by atoms with Crippen molar-refractivity contribution in [3.8, 4) is 11.5 Å². The third-order valence-electron chi connectivity index (χ3n) is 4.18. The molecule has 0 saturated carbocycles. The average molecular weight is 407 g/mol. The van der Waals surface area contributed by atoms with Gasteiger partial charge in [-0.15, -0.1) is 0 Å². The van der Waals surface area contributed by atoms with Crippen LogP contribution in [0.2, 0.25) is 0 Å². The van der Waals surface area contributed by atoms with Gasteiger partial charge in [-0.3, -0.25) is 4.79 Å². The van der Waals surface area contributed by atoms with Crippen LogP contribution in [-0.4, -0.2) is 45.4 Å². The summed E-state index contributed by atoms with van der Waals surface area (Å²) < 4.78 is 37.9. The van der Waals surface area contributed by atoms with E-state index in [4.69, 9.17) is 9.47 Å². The number of sulfonamides is 1. The molecular weight excluding hydrogens is 380 g/mol. The summed E-state index contributed by atoms with van der Waals surface area (Å²) >= 11 is 0. The summed E-state index contributed by atoms with van der Waals surface area (Å²) in [6, 6.07) is 11.4. The van der Waals surface area contributed by atoms with E-state index in [1.54, 1.807) is 32.0 Å². The van der Waals surface area contributed by atoms with Crippen molar-refractivity contribution in [2.45, 2.75) is 25.7 Å². The number of anilines is 1. The van der Waals surface area contributed by atoms with E-state index in [0.717, 1.165) is 0 Å². The third-order valence-corrected chi connectivity index (χ3v) is 6.26. The largest absolute Gasteiger partial charge is 0.495 e. The maximum atomic E-state index is 12.9. The van der Waals surface area contributed by atoms with Crippen LogP contribution in [0.1, 0.15) is 31.1 Å². The Hall–Kier alpha value is -2.58. The highest BCUT2D eigenvalue weighted by molar-refractivity contribution is 7.89. The second-order valence-corrected chi connectivity index (χ2v) is 7.74. The van der Waals surface area contributed by atoms with Crippen molar-refractivity contribution in [3.05, 3.63) is 48.0 Å². The second kappa shape index (κ2) is 9.57. The number of ether oxygens (including phenoxy) is 2. The number of nitrogens with one attached hydrogen (secondary N) is 1. The molecule has 1 amide bonds. The van der Waals surface area contributed by atoms with Gasteiger partial charge in [0, 0.05) is 18.7 Å². The van der Waals surface area contributed by atoms with Gasteiger partial charge in [-0.25, -0.2) is 8.42 Å². The van der Waals surface area contributed by atoms with E-state index in [2.05, 4.69) is 5.32 Å². The summed E-state index contributed by atoms with van der Waals surface area (Å²) in [7, 11) is -2.39. The van der Waals surface area contributed by atoms with E-state index < -0.39 is 15.9 Å². The van der Waals surface area contributed by atoms with Crippen molar-refractivity contribution in [1.29, 1.82) is 0 Å². The van der Waals surface area contributed by atoms with Gasteiger partial charge in [0.1, 0.15) is 16.4 Å². The number of benzene rings is 2. The lowest BCUT2D eigenvalue weighted by atomic mass is 10.2. The minimum atomic E-state index is -3.79. The molecule has 0 atom stereocenters. The molecule has 7 nitrogen and oxygen atoms in total. The second-order valence-electron chi connectivity index (χ2n) is 5.84. The fraction of sp³-hybridized carbons (Fsp3) is 0.350. The van der Waals surface area contributed by atoms with Crippen LogP contribution in [-0.2, 0) is 10.0 Å². The Morgan fingerprint density at radius 1 is 1.04 bits per heavy atom. The zero-order chi connectivity index (χ0) is 20.7. The third kappa shape index (κ3) is 4.63. The molecule has 2 aromatic carbocycles. The number of nitrogens with zero attached hydrogens (tertiary/aromatic N) is 1. The zero-order valence-corrected chi connectivity index (χ0v) is 17.4. The Labute approximate surface area is 166 Å². The van der Waals surface area contributed by atoms with Crippen LogP contribution in [0, 0.1) is 0 Å². The minimum absolute atomic E-state index is 0.0376. The van der Waals surface area contributed by atoms with Gasteiger partial charge in [0.15, 0.2) is 0 Å². The normalized spacial score (nSPS) is 11.3. The first-order valence-corrected chi connectivity index (χ1v) is 10.5. The number of rotatable bonds is 9. The number of hydrogen-bond acceptors (Lipinski definition) is 5. The highest BCUT2D eigenvalue weighted by Crippen LogP contribution is 2.29. The number of amides is 1. The zero-order valence-electron chi connectivity index (χ0n) is 16.6. The number of carbonyl (C=O) groups is 1. The molecule has 0 aromatic heterocycles. The Morgan fingerprint density at radius 3 is 2.32 bits per heavy atom. The van der Waals surface area contributed by atoms with Gasteiger partial charge >= 0.3 is 0 Å². The highest BCUT2D eigenvalue weighted by atomic mass is 32.2. The molecule has 0 saturated heterocycles. The molecular formula is C20H26N2O5S. The van der Waals surface area contributed by atoms with Crippen molar-refractivity contribution in [3.63, 3.8) is 0 Å². The lowest BCUT2D eigenvalue weighted by Gasteiger charge is -2.20. The van der Waals surface area contributed by atoms with E-state index >= 15 is 0 Å². The summed E-state index contributed by atoms with van der Waals surface area (Å²) in [6.07, 6.45) is 0. The fourth-order valence-electron chi connectivity index (χ4n) is 2.77. The van der Waals surface area contributed by atoms with Crippen molar-refractivity contribution >= 4 is 21.6 Å². The Morgan fingerprint density at radius 2 is 1.71 bits per heavy atom. The molecule has 0 radical (unpaired) electrons. The summed E-state index contributed by atoms with van der Waals surface area (Å²) in [5.41, 5.74) is 0.719. The van der Waals surface area contributed by atoms with Crippen molar-refractivity contribution in [2.24, 2.45) is 0 Å². The van der Waals surface area contributed by atoms with Gasteiger partial charge in [0.05, 0.1) is 19.4 Å². The van der Waals surface area contributed by atoms with E-state index in [0.29, 0.717) is 31.1 Å². The number of para-hydroxylation sites is 2. The van der Waals surface area contributed by atoms with Crippen molar-refractivity contribution < 1.29 is 22.7 Å². The van der Waals surface area contributed by atoms with E-state index in [9.17, 15) is 13.2 Å². The van der Waals surface area contributed by atoms with Crippen LogP contribution in [0.25, 0.3) is 0 Å². The van der Waals surface area contributed by atoms with Gasteiger partial charge in [-0.1, -0.05) is 26.0 Å². The lowest BCUT2D eigenvalue weighted by molar-refractivity contribution is 0.102. The molecule has 28 heavy (non-hydrogen) atoms. The summed E-state index contributed by atoms with van der Waals surface area (Å²) in [4.78, 5) is 12.7. The Bertz CT molecular complexity index is 924. The predicted octanol–water partition coefficient (Wildman–Crippen LogP) is 3.38. The van der Waals surface area contributed by atoms with Gasteiger partial charge in [-0.05, 0) is 37.3 Å². The molecule has 0 unspecified atom stereocenters. The molecule has 1 N–H and O–H groups in total. The van der Waals surface area contributed by atoms with E-state index in [1.165, 1.54) is 29.6 Å². The van der Waals surface area contributed by atoms with Crippen LogP contribution in [0.5, 0.6) is 11.5 Å². The SMILES string of the molecule is CCOc1ccccc1NC(=O)c1ccc(OC)c(S(=O)(=O)N(CC)CC)c1. The standard InChI is InChI=1S/C20H26N2O5S/c1-5-22(6-2)28(24,25)19-14-15(12-13-18(19)26-4)20(23)21-16-10-8-9-11-17(16)27-7-3/h8-14H,5-7H2,1-4H3,(H,21,23). The molecule has 0 aliphatic carbocycles. The fourth-order valence-corrected chi connectivity index (χ4v) is 4.41. The summed E-state index contributed by atoms with van der Waals surface area (Å²) in [6.45, 7) is 6.47. The van der Waals surface area contributed by atoms with Gasteiger partial charge in [0.2, 0.25) is 10.0 Å². The van der Waals surface area contributed by atoms with Crippen LogP contribution >= 0.6 is 0 Å². The molecule has 152 valence electrons. The van der Waals surface area contributed by atoms with Crippen LogP contribution in [0.4, 0.5) is 5.69 Å². The first kappa shape index (κ1) is 21.7. The average Bonchev–Trinajstić information content (AvgIpc) is 2.69. The van der Waals surface area contributed by atoms with Crippen molar-refractivity contribution in [1.82, 2.24) is 4.31 Å². The summed E-state index contributed by atoms with van der Waals surface area (Å²) in [5, 5.41) is 2.77. The first-order valence-electron chi connectivity index (χ1n) is 9.10. The molecule has 0 aliphatic rings. The van der Waals surface area contributed by atoms with E-state index in [-0.39, 0.29) is 16.2 Å². The maximum Gasteiger partial charge on any atom is 0.255 e. The smallest absolute Gasteiger partial charge is 0.255 e. The molecule has 2 aromatic rings. The lowest BCUT2D eigenvalue weighted by Crippen LogP contribution is -2.31. The summed E-state index contributed by atoms with van der Waals surface area (Å²) in [5.74, 6) is 0.298. The predicted molar refractivity (Wildman–Crippen MR) is 109 cm³/mol. The van der Waals surface area contributed by atoms with Gasteiger partial charge in [0.25, 0.3) is 5.91 Å². The molecule has 0 fully saturated rings. The van der Waals surface area contributed by atoms with Gasteiger partial charge < -0.3 is 14.8 Å². The molecule has 0 aliphatic heterocycles. The number of carbonyl (C=O) groups excluding carboxylic acids is 1. The van der Waals surface area contributed by atoms with Gasteiger partial charge in [-0.2, -0.15) is 4.31 Å². The molecule has 0 bridgehead atoms. The monoisotopic (exact) mass is 406 g/mol.